The highest BCUT2D eigenvalue weighted by atomic mass is 35.5. The van der Waals surface area contributed by atoms with E-state index in [9.17, 15) is 4.79 Å². The van der Waals surface area contributed by atoms with Gasteiger partial charge in [0.25, 0.3) is 0 Å². The van der Waals surface area contributed by atoms with E-state index < -0.39 is 0 Å². The number of benzene rings is 2. The van der Waals surface area contributed by atoms with Gasteiger partial charge in [-0.2, -0.15) is 0 Å². The highest BCUT2D eigenvalue weighted by molar-refractivity contribution is 6.34. The van der Waals surface area contributed by atoms with Crippen molar-refractivity contribution in [3.05, 3.63) is 63.6 Å². The first-order chi connectivity index (χ1) is 15.5. The van der Waals surface area contributed by atoms with Gasteiger partial charge < -0.3 is 11.1 Å². The Morgan fingerprint density at radius 2 is 1.38 bits per heavy atom. The van der Waals surface area contributed by atoms with Crippen LogP contribution in [0, 0.1) is 0 Å². The standard InChI is InChI=1S/C27H38Cl2N2O/c1-2-3-4-5-6-7-8-9-10-11-12-27(32)31-25-15-13-22(14-16-25)26(30)19-21-17-23(28)20-24(29)18-21/h13-18,20,26H,2-12,19,30H2,1H3,(H,31,32). The zero-order valence-corrected chi connectivity index (χ0v) is 20.9. The predicted molar refractivity (Wildman–Crippen MR) is 139 cm³/mol. The third-order valence-electron chi connectivity index (χ3n) is 5.76. The fourth-order valence-electron chi connectivity index (χ4n) is 3.91. The number of nitrogens with one attached hydrogen (secondary N) is 1. The van der Waals surface area contributed by atoms with Gasteiger partial charge >= 0.3 is 0 Å². The summed E-state index contributed by atoms with van der Waals surface area (Å²) in [5, 5.41) is 4.21. The minimum atomic E-state index is -0.166. The summed E-state index contributed by atoms with van der Waals surface area (Å²) < 4.78 is 0. The van der Waals surface area contributed by atoms with Gasteiger partial charge in [-0.05, 0) is 54.3 Å². The van der Waals surface area contributed by atoms with E-state index in [4.69, 9.17) is 28.9 Å². The topological polar surface area (TPSA) is 55.1 Å². The smallest absolute Gasteiger partial charge is 0.224 e. The van der Waals surface area contributed by atoms with Gasteiger partial charge in [-0.15, -0.1) is 0 Å². The summed E-state index contributed by atoms with van der Waals surface area (Å²) in [5.74, 6) is 0.0789. The molecule has 2 aromatic rings. The molecular weight excluding hydrogens is 439 g/mol. The van der Waals surface area contributed by atoms with E-state index in [1.807, 2.05) is 36.4 Å². The molecule has 176 valence electrons. The van der Waals surface area contributed by atoms with Crippen molar-refractivity contribution in [3.8, 4) is 0 Å². The van der Waals surface area contributed by atoms with Crippen LogP contribution >= 0.6 is 23.2 Å². The Hall–Kier alpha value is -1.55. The maximum absolute atomic E-state index is 12.2. The van der Waals surface area contributed by atoms with E-state index >= 15 is 0 Å². The van der Waals surface area contributed by atoms with Crippen molar-refractivity contribution in [3.63, 3.8) is 0 Å². The van der Waals surface area contributed by atoms with Gasteiger partial charge in [0.2, 0.25) is 5.91 Å². The monoisotopic (exact) mass is 476 g/mol. The highest BCUT2D eigenvalue weighted by Crippen LogP contribution is 2.24. The number of hydrogen-bond donors (Lipinski definition) is 2. The largest absolute Gasteiger partial charge is 0.326 e. The fourth-order valence-corrected chi connectivity index (χ4v) is 4.48. The molecule has 5 heteroatoms. The van der Waals surface area contributed by atoms with Crippen LogP contribution in [0.3, 0.4) is 0 Å². The zero-order valence-electron chi connectivity index (χ0n) is 19.3. The van der Waals surface area contributed by atoms with Crippen LogP contribution in [0.1, 0.15) is 94.7 Å². The molecule has 0 aliphatic carbocycles. The van der Waals surface area contributed by atoms with E-state index in [2.05, 4.69) is 12.2 Å². The van der Waals surface area contributed by atoms with Crippen molar-refractivity contribution in [1.29, 1.82) is 0 Å². The first-order valence-electron chi connectivity index (χ1n) is 12.1. The number of anilines is 1. The van der Waals surface area contributed by atoms with E-state index in [0.717, 1.165) is 29.7 Å². The van der Waals surface area contributed by atoms with Crippen LogP contribution in [0.15, 0.2) is 42.5 Å². The Morgan fingerprint density at radius 3 is 1.94 bits per heavy atom. The molecule has 2 aromatic carbocycles. The average Bonchev–Trinajstić information content (AvgIpc) is 2.75. The average molecular weight is 478 g/mol. The van der Waals surface area contributed by atoms with Crippen LogP contribution in [0.5, 0.6) is 0 Å². The Kier molecular flexibility index (Phi) is 12.8. The number of nitrogens with two attached hydrogens (primary N) is 1. The van der Waals surface area contributed by atoms with Crippen molar-refractivity contribution in [2.75, 3.05) is 5.32 Å². The van der Waals surface area contributed by atoms with Crippen LogP contribution in [0.4, 0.5) is 5.69 Å². The Bertz CT molecular complexity index is 788. The molecule has 0 fully saturated rings. The summed E-state index contributed by atoms with van der Waals surface area (Å²) in [7, 11) is 0. The molecule has 3 nitrogen and oxygen atoms in total. The lowest BCUT2D eigenvalue weighted by molar-refractivity contribution is -0.116. The molecule has 1 atom stereocenters. The summed E-state index contributed by atoms with van der Waals surface area (Å²) in [5.41, 5.74) is 9.17. The Morgan fingerprint density at radius 1 is 0.844 bits per heavy atom. The normalized spacial score (nSPS) is 12.0. The molecule has 0 spiro atoms. The maximum atomic E-state index is 12.2. The molecule has 0 radical (unpaired) electrons. The number of amides is 1. The van der Waals surface area contributed by atoms with Gasteiger partial charge in [-0.1, -0.05) is 100 Å². The van der Waals surface area contributed by atoms with Gasteiger partial charge in [0, 0.05) is 28.2 Å². The lowest BCUT2D eigenvalue weighted by atomic mass is 9.99. The van der Waals surface area contributed by atoms with Crippen LogP contribution in [0.25, 0.3) is 0 Å². The molecule has 1 amide bonds. The maximum Gasteiger partial charge on any atom is 0.224 e. The van der Waals surface area contributed by atoms with E-state index in [-0.39, 0.29) is 11.9 Å². The number of carbonyl (C=O) groups is 1. The minimum Gasteiger partial charge on any atom is -0.326 e. The van der Waals surface area contributed by atoms with E-state index in [1.165, 1.54) is 51.4 Å². The SMILES string of the molecule is CCCCCCCCCCCCC(=O)Nc1ccc(C(N)Cc2cc(Cl)cc(Cl)c2)cc1. The molecule has 2 rings (SSSR count). The molecule has 0 aliphatic heterocycles. The molecule has 32 heavy (non-hydrogen) atoms. The fraction of sp³-hybridized carbons (Fsp3) is 0.519. The van der Waals surface area contributed by atoms with Gasteiger partial charge in [0.1, 0.15) is 0 Å². The van der Waals surface area contributed by atoms with E-state index in [1.54, 1.807) is 6.07 Å². The van der Waals surface area contributed by atoms with Crippen molar-refractivity contribution in [1.82, 2.24) is 0 Å². The molecule has 0 saturated carbocycles. The second kappa shape index (κ2) is 15.3. The number of halogens is 2. The first kappa shape index (κ1) is 26.7. The van der Waals surface area contributed by atoms with E-state index in [0.29, 0.717) is 22.9 Å². The van der Waals surface area contributed by atoms with Gasteiger partial charge in [-0.3, -0.25) is 4.79 Å². The lowest BCUT2D eigenvalue weighted by Crippen LogP contribution is -2.14. The van der Waals surface area contributed by atoms with Crippen molar-refractivity contribution >= 4 is 34.8 Å². The number of hydrogen-bond acceptors (Lipinski definition) is 2. The predicted octanol–water partition coefficient (Wildman–Crippen LogP) is 8.49. The van der Waals surface area contributed by atoms with Crippen LogP contribution in [0.2, 0.25) is 10.0 Å². The molecule has 0 heterocycles. The van der Waals surface area contributed by atoms with Crippen LogP contribution in [-0.4, -0.2) is 5.91 Å². The van der Waals surface area contributed by atoms with Crippen molar-refractivity contribution in [2.24, 2.45) is 5.73 Å². The molecule has 3 N–H and O–H groups in total. The van der Waals surface area contributed by atoms with Crippen molar-refractivity contribution in [2.45, 2.75) is 90.0 Å². The summed E-state index contributed by atoms with van der Waals surface area (Å²) >= 11 is 12.1. The van der Waals surface area contributed by atoms with Crippen LogP contribution in [-0.2, 0) is 11.2 Å². The zero-order chi connectivity index (χ0) is 23.2. The molecule has 0 aliphatic rings. The second-order valence-corrected chi connectivity index (χ2v) is 9.56. The van der Waals surface area contributed by atoms with Gasteiger partial charge in [-0.25, -0.2) is 0 Å². The number of unbranched alkanes of at least 4 members (excludes halogenated alkanes) is 9. The molecule has 0 aromatic heterocycles. The molecular formula is C27H38Cl2N2O. The molecule has 0 saturated heterocycles. The minimum absolute atomic E-state index is 0.0789. The summed E-state index contributed by atoms with van der Waals surface area (Å²) in [4.78, 5) is 12.2. The third-order valence-corrected chi connectivity index (χ3v) is 6.19. The molecule has 0 bridgehead atoms. The van der Waals surface area contributed by atoms with Crippen molar-refractivity contribution < 1.29 is 4.79 Å². The van der Waals surface area contributed by atoms with Gasteiger partial charge in [0.05, 0.1) is 0 Å². The Balaban J connectivity index is 1.63. The third kappa shape index (κ3) is 10.8. The van der Waals surface area contributed by atoms with Gasteiger partial charge in [0.15, 0.2) is 0 Å². The highest BCUT2D eigenvalue weighted by Gasteiger charge is 2.09. The first-order valence-corrected chi connectivity index (χ1v) is 12.8. The van der Waals surface area contributed by atoms with Crippen LogP contribution < -0.4 is 11.1 Å². The lowest BCUT2D eigenvalue weighted by Gasteiger charge is -2.14. The Labute approximate surface area is 204 Å². The summed E-state index contributed by atoms with van der Waals surface area (Å²) in [6.45, 7) is 2.25. The summed E-state index contributed by atoms with van der Waals surface area (Å²) in [6, 6.07) is 13.1. The number of carbonyl (C=O) groups excluding carboxylic acids is 1. The quantitative estimate of drug-likeness (QED) is 0.253. The second-order valence-electron chi connectivity index (χ2n) is 8.69. The molecule has 1 unspecified atom stereocenters. The summed E-state index contributed by atoms with van der Waals surface area (Å²) in [6.07, 6.45) is 13.9. The number of rotatable bonds is 15.